The van der Waals surface area contributed by atoms with Crippen LogP contribution in [-0.4, -0.2) is 12.6 Å². The Morgan fingerprint density at radius 3 is 2.86 bits per heavy atom. The summed E-state index contributed by atoms with van der Waals surface area (Å²) in [6, 6.07) is 5.69. The van der Waals surface area contributed by atoms with Crippen molar-refractivity contribution >= 4 is 0 Å². The van der Waals surface area contributed by atoms with Crippen molar-refractivity contribution in [1.82, 2.24) is 5.32 Å². The summed E-state index contributed by atoms with van der Waals surface area (Å²) in [6.45, 7) is 7.73. The Hall–Kier alpha value is -0.890. The maximum absolute atomic E-state index is 13.5. The van der Waals surface area contributed by atoms with E-state index in [-0.39, 0.29) is 5.82 Å². The third-order valence-corrected chi connectivity index (χ3v) is 4.95. The summed E-state index contributed by atoms with van der Waals surface area (Å²) in [5, 5.41) is 3.73. The summed E-state index contributed by atoms with van der Waals surface area (Å²) in [5.74, 6) is 1.47. The van der Waals surface area contributed by atoms with E-state index in [1.54, 1.807) is 12.1 Å². The van der Waals surface area contributed by atoms with Crippen LogP contribution in [0.1, 0.15) is 57.1 Å². The fraction of sp³-hybridized carbons (Fsp3) is 0.684. The zero-order valence-corrected chi connectivity index (χ0v) is 13.8. The first kappa shape index (κ1) is 16.5. The SMILES string of the molecule is CCCNC(Cc1cc(F)ccc1C)C1CCCC(C)C1. The molecule has 0 aromatic heterocycles. The zero-order chi connectivity index (χ0) is 15.2. The van der Waals surface area contributed by atoms with Gasteiger partial charge in [0.15, 0.2) is 0 Å². The molecule has 3 unspecified atom stereocenters. The first-order valence-corrected chi connectivity index (χ1v) is 8.58. The van der Waals surface area contributed by atoms with E-state index in [2.05, 4.69) is 26.1 Å². The van der Waals surface area contributed by atoms with Crippen molar-refractivity contribution in [1.29, 1.82) is 0 Å². The third-order valence-electron chi connectivity index (χ3n) is 4.95. The zero-order valence-electron chi connectivity index (χ0n) is 13.8. The first-order chi connectivity index (χ1) is 10.1. The molecule has 0 amide bonds. The van der Waals surface area contributed by atoms with E-state index in [0.29, 0.717) is 6.04 Å². The molecule has 1 saturated carbocycles. The summed E-state index contributed by atoms with van der Waals surface area (Å²) in [5.41, 5.74) is 2.38. The molecule has 1 N–H and O–H groups in total. The van der Waals surface area contributed by atoms with Crippen LogP contribution in [0.2, 0.25) is 0 Å². The van der Waals surface area contributed by atoms with Gasteiger partial charge >= 0.3 is 0 Å². The van der Waals surface area contributed by atoms with Crippen LogP contribution in [-0.2, 0) is 6.42 Å². The Kier molecular flexibility index (Phi) is 6.22. The summed E-state index contributed by atoms with van der Waals surface area (Å²) in [6.07, 6.45) is 7.46. The Morgan fingerprint density at radius 2 is 2.14 bits per heavy atom. The van der Waals surface area contributed by atoms with Crippen LogP contribution in [0, 0.1) is 24.6 Å². The molecule has 1 aromatic carbocycles. The second kappa shape index (κ2) is 7.93. The molecule has 0 radical (unpaired) electrons. The molecular formula is C19H30FN. The smallest absolute Gasteiger partial charge is 0.123 e. The van der Waals surface area contributed by atoms with E-state index in [1.165, 1.54) is 36.8 Å². The van der Waals surface area contributed by atoms with Gasteiger partial charge in [-0.3, -0.25) is 0 Å². The quantitative estimate of drug-likeness (QED) is 0.788. The maximum Gasteiger partial charge on any atom is 0.123 e. The molecule has 0 heterocycles. The average Bonchev–Trinajstić information content (AvgIpc) is 2.47. The second-order valence-electron chi connectivity index (χ2n) is 6.87. The van der Waals surface area contributed by atoms with Crippen LogP contribution in [0.3, 0.4) is 0 Å². The van der Waals surface area contributed by atoms with Crippen molar-refractivity contribution in [2.75, 3.05) is 6.54 Å². The van der Waals surface area contributed by atoms with Crippen molar-refractivity contribution in [3.05, 3.63) is 35.1 Å². The molecule has 3 atom stereocenters. The van der Waals surface area contributed by atoms with Gasteiger partial charge in [-0.1, -0.05) is 32.8 Å². The average molecular weight is 291 g/mol. The lowest BCUT2D eigenvalue weighted by Gasteiger charge is -2.34. The molecule has 2 rings (SSSR count). The topological polar surface area (TPSA) is 12.0 Å². The highest BCUT2D eigenvalue weighted by Gasteiger charge is 2.26. The van der Waals surface area contributed by atoms with Gasteiger partial charge in [-0.25, -0.2) is 4.39 Å². The molecule has 1 aliphatic carbocycles. The van der Waals surface area contributed by atoms with E-state index in [1.807, 2.05) is 6.07 Å². The molecule has 1 aromatic rings. The number of halogens is 1. The summed E-state index contributed by atoms with van der Waals surface area (Å²) >= 11 is 0. The van der Waals surface area contributed by atoms with E-state index >= 15 is 0 Å². The Morgan fingerprint density at radius 1 is 1.33 bits per heavy atom. The molecule has 0 saturated heterocycles. The molecule has 118 valence electrons. The minimum absolute atomic E-state index is 0.109. The van der Waals surface area contributed by atoms with E-state index < -0.39 is 0 Å². The van der Waals surface area contributed by atoms with Crippen LogP contribution in [0.4, 0.5) is 4.39 Å². The first-order valence-electron chi connectivity index (χ1n) is 8.58. The van der Waals surface area contributed by atoms with Crippen molar-refractivity contribution in [3.8, 4) is 0 Å². The van der Waals surface area contributed by atoms with Crippen molar-refractivity contribution < 1.29 is 4.39 Å². The minimum Gasteiger partial charge on any atom is -0.313 e. The Labute approximate surface area is 129 Å². The van der Waals surface area contributed by atoms with E-state index in [9.17, 15) is 4.39 Å². The second-order valence-corrected chi connectivity index (χ2v) is 6.87. The van der Waals surface area contributed by atoms with Gasteiger partial charge in [-0.05, 0) is 74.2 Å². The highest BCUT2D eigenvalue weighted by Crippen LogP contribution is 2.32. The van der Waals surface area contributed by atoms with Gasteiger partial charge in [0, 0.05) is 6.04 Å². The van der Waals surface area contributed by atoms with Crippen LogP contribution < -0.4 is 5.32 Å². The number of hydrogen-bond donors (Lipinski definition) is 1. The number of rotatable bonds is 6. The number of hydrogen-bond acceptors (Lipinski definition) is 1. The standard InChI is InChI=1S/C19H30FN/c1-4-10-21-19(16-7-5-6-14(2)11-16)13-17-12-18(20)9-8-15(17)3/h8-9,12,14,16,19,21H,4-7,10-11,13H2,1-3H3. The summed E-state index contributed by atoms with van der Waals surface area (Å²) in [7, 11) is 0. The van der Waals surface area contributed by atoms with Crippen molar-refractivity contribution in [2.45, 2.75) is 65.3 Å². The Balaban J connectivity index is 2.09. The molecule has 1 aliphatic rings. The summed E-state index contributed by atoms with van der Waals surface area (Å²) in [4.78, 5) is 0. The highest BCUT2D eigenvalue weighted by atomic mass is 19.1. The van der Waals surface area contributed by atoms with Gasteiger partial charge in [-0.2, -0.15) is 0 Å². The van der Waals surface area contributed by atoms with Gasteiger partial charge in [0.1, 0.15) is 5.82 Å². The number of nitrogens with one attached hydrogen (secondary N) is 1. The Bertz CT molecular complexity index is 443. The van der Waals surface area contributed by atoms with Crippen LogP contribution in [0.5, 0.6) is 0 Å². The normalized spacial score (nSPS) is 24.0. The summed E-state index contributed by atoms with van der Waals surface area (Å²) < 4.78 is 13.5. The highest BCUT2D eigenvalue weighted by molar-refractivity contribution is 5.27. The fourth-order valence-electron chi connectivity index (χ4n) is 3.68. The van der Waals surface area contributed by atoms with Gasteiger partial charge in [0.2, 0.25) is 0 Å². The van der Waals surface area contributed by atoms with Gasteiger partial charge in [0.05, 0.1) is 0 Å². The molecule has 0 aliphatic heterocycles. The molecule has 21 heavy (non-hydrogen) atoms. The molecule has 2 heteroatoms. The molecule has 0 bridgehead atoms. The lowest BCUT2D eigenvalue weighted by Crippen LogP contribution is -2.40. The predicted molar refractivity (Wildman–Crippen MR) is 88.0 cm³/mol. The monoisotopic (exact) mass is 291 g/mol. The van der Waals surface area contributed by atoms with Crippen molar-refractivity contribution in [3.63, 3.8) is 0 Å². The van der Waals surface area contributed by atoms with Gasteiger partial charge in [-0.15, -0.1) is 0 Å². The number of benzene rings is 1. The molecule has 1 nitrogen and oxygen atoms in total. The molecule has 0 spiro atoms. The fourth-order valence-corrected chi connectivity index (χ4v) is 3.68. The van der Waals surface area contributed by atoms with Crippen LogP contribution in [0.25, 0.3) is 0 Å². The third kappa shape index (κ3) is 4.81. The molecule has 1 fully saturated rings. The lowest BCUT2D eigenvalue weighted by atomic mass is 9.76. The number of aryl methyl sites for hydroxylation is 1. The van der Waals surface area contributed by atoms with E-state index in [4.69, 9.17) is 0 Å². The maximum atomic E-state index is 13.5. The van der Waals surface area contributed by atoms with Gasteiger partial charge in [0.25, 0.3) is 0 Å². The van der Waals surface area contributed by atoms with Crippen LogP contribution in [0.15, 0.2) is 18.2 Å². The molecular weight excluding hydrogens is 261 g/mol. The minimum atomic E-state index is -0.109. The van der Waals surface area contributed by atoms with Crippen LogP contribution >= 0.6 is 0 Å². The van der Waals surface area contributed by atoms with Gasteiger partial charge < -0.3 is 5.32 Å². The van der Waals surface area contributed by atoms with Crippen molar-refractivity contribution in [2.24, 2.45) is 11.8 Å². The largest absolute Gasteiger partial charge is 0.313 e. The van der Waals surface area contributed by atoms with E-state index in [0.717, 1.165) is 31.2 Å². The predicted octanol–water partition coefficient (Wildman–Crippen LogP) is 4.87. The lowest BCUT2D eigenvalue weighted by molar-refractivity contribution is 0.221.